The van der Waals surface area contributed by atoms with Crippen LogP contribution in [0.25, 0.3) is 0 Å². The molecule has 0 fully saturated rings. The summed E-state index contributed by atoms with van der Waals surface area (Å²) in [7, 11) is 1.30. The number of methoxy groups -OCH3 is 1. The SMILES string of the molecule is COC(=O)c1cccc(C(=O)NC2CCOc3ccc(Cl)cc32)c1. The molecule has 0 spiro atoms. The summed E-state index contributed by atoms with van der Waals surface area (Å²) in [5.41, 5.74) is 1.58. The van der Waals surface area contributed by atoms with Gasteiger partial charge in [-0.05, 0) is 36.4 Å². The van der Waals surface area contributed by atoms with E-state index in [1.54, 1.807) is 36.4 Å². The number of hydrogen-bond acceptors (Lipinski definition) is 4. The smallest absolute Gasteiger partial charge is 0.337 e. The standard InChI is InChI=1S/C18H16ClNO4/c1-23-18(22)12-4-2-3-11(9-12)17(21)20-15-7-8-24-16-6-5-13(19)10-14(15)16/h2-6,9-10,15H,7-8H2,1H3,(H,20,21). The molecule has 1 aliphatic rings. The highest BCUT2D eigenvalue weighted by molar-refractivity contribution is 6.30. The fourth-order valence-corrected chi connectivity index (χ4v) is 2.84. The zero-order valence-corrected chi connectivity index (χ0v) is 13.8. The largest absolute Gasteiger partial charge is 0.493 e. The van der Waals surface area contributed by atoms with Crippen molar-refractivity contribution in [2.24, 2.45) is 0 Å². The van der Waals surface area contributed by atoms with Crippen LogP contribution in [-0.2, 0) is 4.74 Å². The van der Waals surface area contributed by atoms with Crippen LogP contribution in [0.1, 0.15) is 38.7 Å². The molecule has 1 atom stereocenters. The van der Waals surface area contributed by atoms with Crippen LogP contribution in [0.3, 0.4) is 0 Å². The van der Waals surface area contributed by atoms with Gasteiger partial charge in [0.25, 0.3) is 5.91 Å². The number of carbonyl (C=O) groups excluding carboxylic acids is 2. The van der Waals surface area contributed by atoms with Crippen molar-refractivity contribution in [1.29, 1.82) is 0 Å². The minimum Gasteiger partial charge on any atom is -0.493 e. The maximum absolute atomic E-state index is 12.5. The lowest BCUT2D eigenvalue weighted by molar-refractivity contribution is 0.0600. The van der Waals surface area contributed by atoms with Crippen molar-refractivity contribution in [2.75, 3.05) is 13.7 Å². The number of rotatable bonds is 3. The number of benzene rings is 2. The number of hydrogen-bond donors (Lipinski definition) is 1. The number of halogens is 1. The summed E-state index contributed by atoms with van der Waals surface area (Å²) in [5.74, 6) is -0.0225. The van der Waals surface area contributed by atoms with Gasteiger partial charge in [-0.1, -0.05) is 17.7 Å². The zero-order chi connectivity index (χ0) is 17.1. The molecule has 3 rings (SSSR count). The quantitative estimate of drug-likeness (QED) is 0.866. The highest BCUT2D eigenvalue weighted by Crippen LogP contribution is 2.34. The molecule has 0 saturated carbocycles. The van der Waals surface area contributed by atoms with Gasteiger partial charge >= 0.3 is 5.97 Å². The van der Waals surface area contributed by atoms with Crippen molar-refractivity contribution >= 4 is 23.5 Å². The van der Waals surface area contributed by atoms with E-state index in [2.05, 4.69) is 10.1 Å². The Morgan fingerprint density at radius 1 is 1.21 bits per heavy atom. The second-order valence-corrected chi connectivity index (χ2v) is 5.85. The van der Waals surface area contributed by atoms with Gasteiger partial charge in [-0.2, -0.15) is 0 Å². The second kappa shape index (κ2) is 6.93. The predicted octanol–water partition coefficient (Wildman–Crippen LogP) is 3.38. The van der Waals surface area contributed by atoms with Crippen LogP contribution < -0.4 is 10.1 Å². The summed E-state index contributed by atoms with van der Waals surface area (Å²) in [6.07, 6.45) is 0.649. The van der Waals surface area contributed by atoms with Gasteiger partial charge in [-0.15, -0.1) is 0 Å². The van der Waals surface area contributed by atoms with E-state index in [-0.39, 0.29) is 11.9 Å². The molecule has 1 unspecified atom stereocenters. The lowest BCUT2D eigenvalue weighted by atomic mass is 10.00. The molecule has 0 saturated heterocycles. The van der Waals surface area contributed by atoms with Crippen LogP contribution in [-0.4, -0.2) is 25.6 Å². The molecule has 1 amide bonds. The molecule has 1 N–H and O–H groups in total. The van der Waals surface area contributed by atoms with Crippen LogP contribution in [0, 0.1) is 0 Å². The molecular formula is C18H16ClNO4. The first kappa shape index (κ1) is 16.3. The Morgan fingerprint density at radius 3 is 2.79 bits per heavy atom. The number of nitrogens with one attached hydrogen (secondary N) is 1. The van der Waals surface area contributed by atoms with E-state index in [0.717, 1.165) is 11.3 Å². The minimum atomic E-state index is -0.479. The van der Waals surface area contributed by atoms with E-state index in [9.17, 15) is 9.59 Å². The Hall–Kier alpha value is -2.53. The van der Waals surface area contributed by atoms with Gasteiger partial charge in [0.05, 0.1) is 25.3 Å². The first-order chi connectivity index (χ1) is 11.6. The number of ether oxygens (including phenoxy) is 2. The lowest BCUT2D eigenvalue weighted by Gasteiger charge is -2.27. The van der Waals surface area contributed by atoms with Gasteiger partial charge in [-0.3, -0.25) is 4.79 Å². The maximum atomic E-state index is 12.5. The van der Waals surface area contributed by atoms with Crippen molar-refractivity contribution in [3.05, 3.63) is 64.2 Å². The molecule has 0 aromatic heterocycles. The van der Waals surface area contributed by atoms with Crippen molar-refractivity contribution < 1.29 is 19.1 Å². The third-order valence-corrected chi connectivity index (χ3v) is 4.10. The average molecular weight is 346 g/mol. The van der Waals surface area contributed by atoms with Gasteiger partial charge < -0.3 is 14.8 Å². The third kappa shape index (κ3) is 3.36. The molecule has 0 bridgehead atoms. The van der Waals surface area contributed by atoms with Gasteiger partial charge in [0.2, 0.25) is 0 Å². The van der Waals surface area contributed by atoms with Crippen molar-refractivity contribution in [1.82, 2.24) is 5.32 Å². The first-order valence-corrected chi connectivity index (χ1v) is 7.88. The molecule has 0 radical (unpaired) electrons. The summed E-state index contributed by atoms with van der Waals surface area (Å²) in [5, 5.41) is 3.56. The lowest BCUT2D eigenvalue weighted by Crippen LogP contribution is -2.32. The second-order valence-electron chi connectivity index (χ2n) is 5.42. The van der Waals surface area contributed by atoms with Crippen LogP contribution in [0.5, 0.6) is 5.75 Å². The Balaban J connectivity index is 1.81. The van der Waals surface area contributed by atoms with E-state index in [1.807, 2.05) is 0 Å². The Labute approximate surface area is 144 Å². The molecule has 2 aromatic rings. The zero-order valence-electron chi connectivity index (χ0n) is 13.0. The van der Waals surface area contributed by atoms with Gasteiger partial charge in [0, 0.05) is 22.6 Å². The average Bonchev–Trinajstić information content (AvgIpc) is 2.61. The van der Waals surface area contributed by atoms with E-state index in [4.69, 9.17) is 16.3 Å². The van der Waals surface area contributed by atoms with Crippen LogP contribution in [0.15, 0.2) is 42.5 Å². The van der Waals surface area contributed by atoms with Crippen LogP contribution >= 0.6 is 11.6 Å². The summed E-state index contributed by atoms with van der Waals surface area (Å²) < 4.78 is 10.3. The van der Waals surface area contributed by atoms with Crippen LogP contribution in [0.4, 0.5) is 0 Å². The number of esters is 1. The first-order valence-electron chi connectivity index (χ1n) is 7.50. The van der Waals surface area contributed by atoms with Crippen molar-refractivity contribution in [2.45, 2.75) is 12.5 Å². The summed E-state index contributed by atoms with van der Waals surface area (Å²) in [6.45, 7) is 0.516. The van der Waals surface area contributed by atoms with Gasteiger partial charge in [-0.25, -0.2) is 4.79 Å². The fourth-order valence-electron chi connectivity index (χ4n) is 2.66. The normalized spacial score (nSPS) is 15.8. The molecule has 5 nitrogen and oxygen atoms in total. The van der Waals surface area contributed by atoms with E-state index < -0.39 is 5.97 Å². The van der Waals surface area contributed by atoms with Gasteiger partial charge in [0.15, 0.2) is 0 Å². The number of carbonyl (C=O) groups is 2. The molecule has 124 valence electrons. The predicted molar refractivity (Wildman–Crippen MR) is 89.6 cm³/mol. The minimum absolute atomic E-state index is 0.193. The van der Waals surface area contributed by atoms with Crippen molar-refractivity contribution in [3.8, 4) is 5.75 Å². The highest BCUT2D eigenvalue weighted by Gasteiger charge is 2.24. The molecule has 0 aliphatic carbocycles. The Morgan fingerprint density at radius 2 is 2.00 bits per heavy atom. The van der Waals surface area contributed by atoms with Gasteiger partial charge in [0.1, 0.15) is 5.75 Å². The highest BCUT2D eigenvalue weighted by atomic mass is 35.5. The molecule has 2 aromatic carbocycles. The number of amides is 1. The molecule has 6 heteroatoms. The van der Waals surface area contributed by atoms with Crippen molar-refractivity contribution in [3.63, 3.8) is 0 Å². The maximum Gasteiger partial charge on any atom is 0.337 e. The molecule has 24 heavy (non-hydrogen) atoms. The third-order valence-electron chi connectivity index (χ3n) is 3.86. The van der Waals surface area contributed by atoms with Crippen LogP contribution in [0.2, 0.25) is 5.02 Å². The fraction of sp³-hybridized carbons (Fsp3) is 0.222. The summed E-state index contributed by atoms with van der Waals surface area (Å²) >= 11 is 6.05. The molecule has 1 aliphatic heterocycles. The summed E-state index contributed by atoms with van der Waals surface area (Å²) in [6, 6.07) is 11.6. The molecule has 1 heterocycles. The number of fused-ring (bicyclic) bond motifs is 1. The Kier molecular flexibility index (Phi) is 4.71. The molecular weight excluding hydrogens is 330 g/mol. The van der Waals surface area contributed by atoms with E-state index in [0.29, 0.717) is 29.2 Å². The van der Waals surface area contributed by atoms with E-state index in [1.165, 1.54) is 13.2 Å². The monoisotopic (exact) mass is 345 g/mol. The summed E-state index contributed by atoms with van der Waals surface area (Å²) in [4.78, 5) is 24.1. The van der Waals surface area contributed by atoms with E-state index >= 15 is 0 Å². The Bertz CT molecular complexity index is 790. The topological polar surface area (TPSA) is 64.6 Å².